The fourth-order valence-electron chi connectivity index (χ4n) is 8.72. The minimum Gasteiger partial charge on any atom is -0.0622 e. The van der Waals surface area contributed by atoms with Gasteiger partial charge in [-0.3, -0.25) is 0 Å². The molecule has 0 unspecified atom stereocenters. The summed E-state index contributed by atoms with van der Waals surface area (Å²) in [5, 5.41) is 10.6. The molecule has 0 aliphatic heterocycles. The zero-order valence-corrected chi connectivity index (χ0v) is 25.0. The standard InChI is InChI=1S/C46H26/c1-3-13-27(14-4-1)39-37-25-29-17-7-8-18-30(29)26-38(37)40(28-15-5-2-6-16-28)46-43-34-22-12-11-21-33(34)41-32-20-10-9-19-31(32)35-23-24-36(44(39)46)45(43)42(35)41/h1-26H. The van der Waals surface area contributed by atoms with Gasteiger partial charge in [0.25, 0.3) is 0 Å². The molecule has 0 saturated carbocycles. The molecule has 46 heavy (non-hydrogen) atoms. The Bertz CT molecular complexity index is 2770. The van der Waals surface area contributed by atoms with Crippen molar-refractivity contribution in [2.45, 2.75) is 0 Å². The lowest BCUT2D eigenvalue weighted by Gasteiger charge is -2.21. The quantitative estimate of drug-likeness (QED) is 0.179. The van der Waals surface area contributed by atoms with Gasteiger partial charge in [0.15, 0.2) is 0 Å². The molecule has 2 aliphatic rings. The molecule has 0 bridgehead atoms. The zero-order valence-electron chi connectivity index (χ0n) is 25.0. The Balaban J connectivity index is 1.45. The second-order valence-electron chi connectivity index (χ2n) is 12.7. The Morgan fingerprint density at radius 1 is 0.239 bits per heavy atom. The fraction of sp³-hybridized carbons (Fsp3) is 0. The van der Waals surface area contributed by atoms with E-state index in [-0.39, 0.29) is 0 Å². The minimum absolute atomic E-state index is 1.26. The Morgan fingerprint density at radius 3 is 1.37 bits per heavy atom. The largest absolute Gasteiger partial charge is 0.0622 e. The van der Waals surface area contributed by atoms with Gasteiger partial charge in [-0.1, -0.05) is 146 Å². The molecule has 0 amide bonds. The van der Waals surface area contributed by atoms with Crippen molar-refractivity contribution in [2.24, 2.45) is 0 Å². The van der Waals surface area contributed by atoms with E-state index in [1.165, 1.54) is 110 Å². The summed E-state index contributed by atoms with van der Waals surface area (Å²) in [4.78, 5) is 0. The highest BCUT2D eigenvalue weighted by Crippen LogP contribution is 2.63. The van der Waals surface area contributed by atoms with E-state index in [4.69, 9.17) is 0 Å². The number of rotatable bonds is 2. The van der Waals surface area contributed by atoms with Crippen LogP contribution in [0.15, 0.2) is 158 Å². The maximum atomic E-state index is 2.44. The van der Waals surface area contributed by atoms with Crippen molar-refractivity contribution < 1.29 is 0 Å². The second-order valence-corrected chi connectivity index (χ2v) is 12.7. The lowest BCUT2D eigenvalue weighted by atomic mass is 9.81. The predicted molar refractivity (Wildman–Crippen MR) is 196 cm³/mol. The summed E-state index contributed by atoms with van der Waals surface area (Å²) < 4.78 is 0. The average Bonchev–Trinajstić information content (AvgIpc) is 3.64. The lowest BCUT2D eigenvalue weighted by Crippen LogP contribution is -1.94. The predicted octanol–water partition coefficient (Wildman–Crippen LogP) is 12.9. The van der Waals surface area contributed by atoms with Crippen LogP contribution in [-0.2, 0) is 0 Å². The first kappa shape index (κ1) is 24.4. The topological polar surface area (TPSA) is 0 Å². The van der Waals surface area contributed by atoms with Crippen molar-refractivity contribution in [3.8, 4) is 66.8 Å². The SMILES string of the molecule is c1ccc(-c2c3c(c(-c4ccccc4)c4cc5ccccc5cc24)-c2c4ccccc4c4c5c(ccc-3c25)-c2ccccc2-4)cc1. The molecule has 0 atom stereocenters. The Kier molecular flexibility index (Phi) is 4.66. The van der Waals surface area contributed by atoms with Crippen LogP contribution >= 0.6 is 0 Å². The molecule has 210 valence electrons. The van der Waals surface area contributed by atoms with Crippen LogP contribution in [0.1, 0.15) is 0 Å². The zero-order chi connectivity index (χ0) is 29.9. The van der Waals surface area contributed by atoms with Gasteiger partial charge in [0.05, 0.1) is 0 Å². The normalized spacial score (nSPS) is 12.3. The van der Waals surface area contributed by atoms with Gasteiger partial charge >= 0.3 is 0 Å². The van der Waals surface area contributed by atoms with Crippen LogP contribution < -0.4 is 0 Å². The van der Waals surface area contributed by atoms with Crippen LogP contribution in [0.5, 0.6) is 0 Å². The highest BCUT2D eigenvalue weighted by Gasteiger charge is 2.36. The van der Waals surface area contributed by atoms with Crippen LogP contribution in [0, 0.1) is 0 Å². The van der Waals surface area contributed by atoms with E-state index in [0.717, 1.165) is 0 Å². The van der Waals surface area contributed by atoms with Gasteiger partial charge in [-0.15, -0.1) is 0 Å². The molecule has 0 fully saturated rings. The third kappa shape index (κ3) is 2.99. The maximum Gasteiger partial charge on any atom is -0.000115 e. The monoisotopic (exact) mass is 578 g/mol. The summed E-state index contributed by atoms with van der Waals surface area (Å²) in [6.45, 7) is 0. The van der Waals surface area contributed by atoms with E-state index in [0.29, 0.717) is 0 Å². The van der Waals surface area contributed by atoms with Gasteiger partial charge in [-0.05, 0) is 122 Å². The number of fused-ring (bicyclic) bond motifs is 11. The summed E-state index contributed by atoms with van der Waals surface area (Å²) >= 11 is 0. The maximum absolute atomic E-state index is 2.44. The number of hydrogen-bond acceptors (Lipinski definition) is 0. The molecular weight excluding hydrogens is 553 g/mol. The first-order valence-corrected chi connectivity index (χ1v) is 16.1. The molecule has 11 rings (SSSR count). The van der Waals surface area contributed by atoms with Crippen LogP contribution in [-0.4, -0.2) is 0 Å². The van der Waals surface area contributed by atoms with Gasteiger partial charge in [-0.2, -0.15) is 0 Å². The van der Waals surface area contributed by atoms with Crippen molar-refractivity contribution in [1.82, 2.24) is 0 Å². The highest BCUT2D eigenvalue weighted by molar-refractivity contribution is 6.38. The molecular formula is C46H26. The smallest absolute Gasteiger partial charge is 0.000115 e. The van der Waals surface area contributed by atoms with Gasteiger partial charge in [0.2, 0.25) is 0 Å². The summed E-state index contributed by atoms with van der Waals surface area (Å²) in [6.07, 6.45) is 0. The molecule has 0 heterocycles. The third-order valence-electron chi connectivity index (χ3n) is 10.5. The van der Waals surface area contributed by atoms with Crippen LogP contribution in [0.4, 0.5) is 0 Å². The first-order chi connectivity index (χ1) is 22.9. The van der Waals surface area contributed by atoms with E-state index in [1.807, 2.05) is 0 Å². The van der Waals surface area contributed by atoms with Gasteiger partial charge in [0.1, 0.15) is 0 Å². The molecule has 2 aliphatic carbocycles. The molecule has 9 aromatic carbocycles. The lowest BCUT2D eigenvalue weighted by molar-refractivity contribution is 1.63. The first-order valence-electron chi connectivity index (χ1n) is 16.1. The van der Waals surface area contributed by atoms with E-state index >= 15 is 0 Å². The third-order valence-corrected chi connectivity index (χ3v) is 10.5. The number of hydrogen-bond donors (Lipinski definition) is 0. The molecule has 0 heteroatoms. The van der Waals surface area contributed by atoms with Crippen LogP contribution in [0.2, 0.25) is 0 Å². The van der Waals surface area contributed by atoms with Crippen molar-refractivity contribution in [3.05, 3.63) is 158 Å². The fourth-order valence-corrected chi connectivity index (χ4v) is 8.72. The molecule has 9 aromatic rings. The Labute approximate surface area is 266 Å². The molecule has 0 radical (unpaired) electrons. The van der Waals surface area contributed by atoms with Crippen molar-refractivity contribution >= 4 is 43.1 Å². The summed E-state index contributed by atoms with van der Waals surface area (Å²) in [7, 11) is 0. The molecule has 0 N–H and O–H groups in total. The van der Waals surface area contributed by atoms with E-state index in [9.17, 15) is 0 Å². The van der Waals surface area contributed by atoms with Crippen molar-refractivity contribution in [2.75, 3.05) is 0 Å². The van der Waals surface area contributed by atoms with Gasteiger partial charge < -0.3 is 0 Å². The molecule has 0 saturated heterocycles. The highest BCUT2D eigenvalue weighted by atomic mass is 14.4. The Hall–Kier alpha value is -5.98. The number of benzene rings is 9. The second kappa shape index (κ2) is 8.81. The molecule has 0 spiro atoms. The van der Waals surface area contributed by atoms with Crippen LogP contribution in [0.3, 0.4) is 0 Å². The van der Waals surface area contributed by atoms with Crippen molar-refractivity contribution in [3.63, 3.8) is 0 Å². The van der Waals surface area contributed by atoms with E-state index < -0.39 is 0 Å². The van der Waals surface area contributed by atoms with Gasteiger partial charge in [-0.25, -0.2) is 0 Å². The van der Waals surface area contributed by atoms with E-state index in [1.54, 1.807) is 0 Å². The Morgan fingerprint density at radius 2 is 0.717 bits per heavy atom. The van der Waals surface area contributed by atoms with E-state index in [2.05, 4.69) is 158 Å². The molecule has 0 nitrogen and oxygen atoms in total. The summed E-state index contributed by atoms with van der Waals surface area (Å²) in [5.41, 5.74) is 16.0. The molecule has 0 aromatic heterocycles. The summed E-state index contributed by atoms with van der Waals surface area (Å²) in [5.74, 6) is 0. The van der Waals surface area contributed by atoms with Crippen molar-refractivity contribution in [1.29, 1.82) is 0 Å². The minimum atomic E-state index is 1.26. The van der Waals surface area contributed by atoms with Gasteiger partial charge in [0, 0.05) is 0 Å². The summed E-state index contributed by atoms with van der Waals surface area (Å²) in [6, 6.07) is 58.7. The van der Waals surface area contributed by atoms with Crippen LogP contribution in [0.25, 0.3) is 110 Å². The average molecular weight is 579 g/mol.